The number of hydrogen-bond acceptors (Lipinski definition) is 2. The van der Waals surface area contributed by atoms with E-state index in [1.807, 2.05) is 22.7 Å². The molecule has 0 aliphatic carbocycles. The number of thiophene rings is 2. The second kappa shape index (κ2) is 5.71. The largest absolute Gasteiger partial charge is 0.142 e. The van der Waals surface area contributed by atoms with Crippen molar-refractivity contribution in [3.05, 3.63) is 45.8 Å². The number of fused-ring (bicyclic) bond motifs is 1. The van der Waals surface area contributed by atoms with Crippen molar-refractivity contribution >= 4 is 32.1 Å². The smallest absolute Gasteiger partial charge is 0.0489 e. The Labute approximate surface area is 154 Å². The number of hydrogen-bond donors (Lipinski definition) is 0. The van der Waals surface area contributed by atoms with Gasteiger partial charge >= 0.3 is 0 Å². The molecular weight excluding hydrogens is 328 g/mol. The molecule has 0 radical (unpaired) electrons. The van der Waals surface area contributed by atoms with Crippen molar-refractivity contribution in [1.29, 1.82) is 0 Å². The summed E-state index contributed by atoms with van der Waals surface area (Å²) in [6, 6.07) is 7.12. The zero-order valence-corrected chi connectivity index (χ0v) is 17.8. The molecule has 2 aromatic heterocycles. The van der Waals surface area contributed by atoms with Crippen LogP contribution in [0.4, 0.5) is 0 Å². The van der Waals surface area contributed by atoms with Gasteiger partial charge in [-0.25, -0.2) is 0 Å². The first-order chi connectivity index (χ1) is 11.0. The molecule has 0 fully saturated rings. The summed E-state index contributed by atoms with van der Waals surface area (Å²) in [6.45, 7) is 18.4. The summed E-state index contributed by atoms with van der Waals surface area (Å²) < 4.78 is 2.93. The van der Waals surface area contributed by atoms with Crippen molar-refractivity contribution < 1.29 is 0 Å². The fourth-order valence-electron chi connectivity index (χ4n) is 3.19. The Hall–Kier alpha value is -1.12. The molecule has 0 atom stereocenters. The molecule has 0 saturated heterocycles. The zero-order valence-electron chi connectivity index (χ0n) is 16.1. The van der Waals surface area contributed by atoms with Crippen molar-refractivity contribution in [3.8, 4) is 10.4 Å². The van der Waals surface area contributed by atoms with E-state index in [-0.39, 0.29) is 10.8 Å². The normalized spacial score (nSPS) is 13.0. The Morgan fingerprint density at radius 1 is 0.833 bits per heavy atom. The van der Waals surface area contributed by atoms with Crippen molar-refractivity contribution in [2.75, 3.05) is 0 Å². The maximum absolute atomic E-state index is 2.44. The molecule has 24 heavy (non-hydrogen) atoms. The van der Waals surface area contributed by atoms with Crippen LogP contribution in [0.1, 0.15) is 63.8 Å². The van der Waals surface area contributed by atoms with Crippen LogP contribution in [0.2, 0.25) is 0 Å². The Morgan fingerprint density at radius 2 is 1.50 bits per heavy atom. The van der Waals surface area contributed by atoms with E-state index in [0.29, 0.717) is 0 Å². The lowest BCUT2D eigenvalue weighted by Gasteiger charge is -2.27. The predicted molar refractivity (Wildman–Crippen MR) is 112 cm³/mol. The first-order valence-electron chi connectivity index (χ1n) is 8.62. The van der Waals surface area contributed by atoms with Crippen LogP contribution in [0.15, 0.2) is 23.6 Å². The summed E-state index contributed by atoms with van der Waals surface area (Å²) in [5, 5.41) is 2.28. The van der Waals surface area contributed by atoms with Gasteiger partial charge in [-0.15, -0.1) is 22.7 Å². The van der Waals surface area contributed by atoms with Gasteiger partial charge in [0.05, 0.1) is 0 Å². The van der Waals surface area contributed by atoms with Crippen molar-refractivity contribution in [2.45, 2.75) is 66.2 Å². The second-order valence-electron chi connectivity index (χ2n) is 8.89. The first kappa shape index (κ1) is 17.7. The highest BCUT2D eigenvalue weighted by molar-refractivity contribution is 7.29. The second-order valence-corrected chi connectivity index (χ2v) is 10.8. The fraction of sp³-hybridized carbons (Fsp3) is 0.455. The summed E-state index contributed by atoms with van der Waals surface area (Å²) in [4.78, 5) is 1.45. The van der Waals surface area contributed by atoms with Crippen molar-refractivity contribution in [3.63, 3.8) is 0 Å². The molecule has 0 nitrogen and oxygen atoms in total. The lowest BCUT2D eigenvalue weighted by atomic mass is 9.78. The molecule has 0 spiro atoms. The maximum Gasteiger partial charge on any atom is 0.0489 e. The summed E-state index contributed by atoms with van der Waals surface area (Å²) in [5.74, 6) is 0. The van der Waals surface area contributed by atoms with Crippen LogP contribution in [0.5, 0.6) is 0 Å². The quantitative estimate of drug-likeness (QED) is 0.416. The number of aryl methyl sites for hydroxylation is 2. The Kier molecular flexibility index (Phi) is 4.21. The van der Waals surface area contributed by atoms with E-state index >= 15 is 0 Å². The molecule has 0 saturated carbocycles. The highest BCUT2D eigenvalue weighted by Gasteiger charge is 2.25. The minimum Gasteiger partial charge on any atom is -0.142 e. The van der Waals surface area contributed by atoms with Gasteiger partial charge in [0.25, 0.3) is 0 Å². The van der Waals surface area contributed by atoms with Gasteiger partial charge in [-0.2, -0.15) is 0 Å². The van der Waals surface area contributed by atoms with E-state index in [1.165, 1.54) is 42.1 Å². The maximum atomic E-state index is 2.44. The van der Waals surface area contributed by atoms with E-state index in [0.717, 1.165) is 0 Å². The molecule has 128 valence electrons. The Morgan fingerprint density at radius 3 is 2.04 bits per heavy atom. The molecule has 0 aliphatic heterocycles. The van der Waals surface area contributed by atoms with E-state index in [1.54, 1.807) is 0 Å². The molecule has 2 heteroatoms. The topological polar surface area (TPSA) is 0 Å². The van der Waals surface area contributed by atoms with Crippen molar-refractivity contribution in [1.82, 2.24) is 0 Å². The third-order valence-corrected chi connectivity index (χ3v) is 7.55. The van der Waals surface area contributed by atoms with Crippen LogP contribution in [0.3, 0.4) is 0 Å². The molecule has 3 aromatic rings. The predicted octanol–water partition coefficient (Wildman–Crippen LogP) is 7.84. The molecule has 3 rings (SSSR count). The number of benzene rings is 1. The standard InChI is InChI=1S/C22H28S2/c1-13-12-23-20-14(2)19(24-18(13)20)16-10-9-15(21(3,4)5)11-17(16)22(6,7)8/h9-12H,1-8H3. The Bertz CT molecular complexity index is 893. The third kappa shape index (κ3) is 2.95. The van der Waals surface area contributed by atoms with Crippen molar-refractivity contribution in [2.24, 2.45) is 0 Å². The van der Waals surface area contributed by atoms with Gasteiger partial charge in [0, 0.05) is 14.3 Å². The van der Waals surface area contributed by atoms with Crippen LogP contribution in [0.25, 0.3) is 19.8 Å². The van der Waals surface area contributed by atoms with Crippen LogP contribution in [-0.4, -0.2) is 0 Å². The molecule has 2 heterocycles. The van der Waals surface area contributed by atoms with E-state index < -0.39 is 0 Å². The first-order valence-corrected chi connectivity index (χ1v) is 10.3. The van der Waals surface area contributed by atoms with E-state index in [4.69, 9.17) is 0 Å². The van der Waals surface area contributed by atoms with Crippen LogP contribution in [0, 0.1) is 13.8 Å². The van der Waals surface area contributed by atoms with Gasteiger partial charge in [0.15, 0.2) is 0 Å². The molecule has 0 aliphatic rings. The summed E-state index contributed by atoms with van der Waals surface area (Å²) in [7, 11) is 0. The van der Waals surface area contributed by atoms with E-state index in [2.05, 4.69) is 79.0 Å². The van der Waals surface area contributed by atoms with Crippen LogP contribution >= 0.6 is 22.7 Å². The van der Waals surface area contributed by atoms with Crippen LogP contribution < -0.4 is 0 Å². The molecule has 0 N–H and O–H groups in total. The molecule has 1 aromatic carbocycles. The summed E-state index contributed by atoms with van der Waals surface area (Å²) in [5.41, 5.74) is 7.48. The highest BCUT2D eigenvalue weighted by atomic mass is 32.1. The third-order valence-electron chi connectivity index (χ3n) is 4.74. The minimum absolute atomic E-state index is 0.134. The number of rotatable bonds is 1. The van der Waals surface area contributed by atoms with Gasteiger partial charge in [0.2, 0.25) is 0 Å². The van der Waals surface area contributed by atoms with Crippen LogP contribution in [-0.2, 0) is 10.8 Å². The molecule has 0 bridgehead atoms. The fourth-order valence-corrected chi connectivity index (χ4v) is 5.77. The lowest BCUT2D eigenvalue weighted by molar-refractivity contribution is 0.570. The summed E-state index contributed by atoms with van der Waals surface area (Å²) >= 11 is 3.85. The average molecular weight is 357 g/mol. The molecule has 0 amide bonds. The van der Waals surface area contributed by atoms with Gasteiger partial charge < -0.3 is 0 Å². The molecule has 0 unspecified atom stereocenters. The Balaban J connectivity index is 2.28. The average Bonchev–Trinajstić information content (AvgIpc) is 2.98. The molecular formula is C22H28S2. The van der Waals surface area contributed by atoms with E-state index in [9.17, 15) is 0 Å². The highest BCUT2D eigenvalue weighted by Crippen LogP contribution is 2.46. The summed E-state index contributed by atoms with van der Waals surface area (Å²) in [6.07, 6.45) is 0. The van der Waals surface area contributed by atoms with Gasteiger partial charge in [0.1, 0.15) is 0 Å². The van der Waals surface area contributed by atoms with Gasteiger partial charge in [-0.1, -0.05) is 59.7 Å². The zero-order chi connectivity index (χ0) is 17.9. The lowest BCUT2D eigenvalue weighted by Crippen LogP contribution is -2.17. The minimum atomic E-state index is 0.134. The SMILES string of the molecule is Cc1csc2c(C)c(-c3ccc(C(C)(C)C)cc3C(C)(C)C)sc12. The van der Waals surface area contributed by atoms with Gasteiger partial charge in [-0.3, -0.25) is 0 Å². The monoisotopic (exact) mass is 356 g/mol. The van der Waals surface area contributed by atoms with Gasteiger partial charge in [-0.05, 0) is 57.9 Å².